The van der Waals surface area contributed by atoms with Crippen molar-refractivity contribution in [3.63, 3.8) is 0 Å². The van der Waals surface area contributed by atoms with Crippen molar-refractivity contribution in [2.45, 2.75) is 17.7 Å². The highest BCUT2D eigenvalue weighted by molar-refractivity contribution is 7.89. The van der Waals surface area contributed by atoms with Crippen LogP contribution < -0.4 is 0 Å². The quantitative estimate of drug-likeness (QED) is 0.631. The third-order valence-corrected chi connectivity index (χ3v) is 5.13. The van der Waals surface area contributed by atoms with Gasteiger partial charge in [0.1, 0.15) is 4.90 Å². The number of piperidine rings is 1. The summed E-state index contributed by atoms with van der Waals surface area (Å²) in [4.78, 5) is 24.0. The van der Waals surface area contributed by atoms with Gasteiger partial charge >= 0.3 is 11.8 Å². The van der Waals surface area contributed by atoms with Crippen LogP contribution in [0.2, 0.25) is 0 Å². The summed E-state index contributed by atoms with van der Waals surface area (Å²) < 4.78 is 25.8. The van der Waals surface area contributed by atoms with E-state index in [9.17, 15) is 23.3 Å². The van der Waals surface area contributed by atoms with E-state index >= 15 is 0 Å². The normalized spacial score (nSPS) is 20.1. The summed E-state index contributed by atoms with van der Waals surface area (Å²) in [6.45, 7) is 0.123. The van der Waals surface area contributed by atoms with Gasteiger partial charge in [0.05, 0.1) is 5.92 Å². The number of aromatic nitrogens is 1. The number of pyridine rings is 1. The average Bonchev–Trinajstić information content (AvgIpc) is 2.47. The Morgan fingerprint density at radius 2 is 2.19 bits per heavy atom. The molecule has 0 aromatic carbocycles. The largest absolute Gasteiger partial charge is 0.481 e. The van der Waals surface area contributed by atoms with Crippen molar-refractivity contribution in [3.8, 4) is 0 Å². The number of nitrogens with zero attached hydrogens (tertiary/aromatic N) is 3. The summed E-state index contributed by atoms with van der Waals surface area (Å²) >= 11 is 0. The van der Waals surface area contributed by atoms with E-state index in [1.807, 2.05) is 0 Å². The molecule has 0 radical (unpaired) electrons. The van der Waals surface area contributed by atoms with Gasteiger partial charge in [-0.15, -0.1) is 0 Å². The molecule has 0 unspecified atom stereocenters. The van der Waals surface area contributed by atoms with Gasteiger partial charge in [-0.3, -0.25) is 4.79 Å². The molecular formula is C11H13N3O6S. The zero-order valence-electron chi connectivity index (χ0n) is 10.9. The minimum absolute atomic E-state index is 0.103. The number of hydrogen-bond acceptors (Lipinski definition) is 6. The number of nitro groups is 1. The van der Waals surface area contributed by atoms with Crippen LogP contribution in [0.25, 0.3) is 0 Å². The van der Waals surface area contributed by atoms with Gasteiger partial charge in [0, 0.05) is 19.2 Å². The van der Waals surface area contributed by atoms with Gasteiger partial charge in [-0.1, -0.05) is 0 Å². The van der Waals surface area contributed by atoms with Crippen LogP contribution in [0.5, 0.6) is 0 Å². The second-order valence-electron chi connectivity index (χ2n) is 4.65. The Balaban J connectivity index is 2.24. The topological polar surface area (TPSA) is 131 Å². The van der Waals surface area contributed by atoms with Crippen molar-refractivity contribution in [1.82, 2.24) is 9.29 Å². The second-order valence-corrected chi connectivity index (χ2v) is 6.59. The van der Waals surface area contributed by atoms with Crippen molar-refractivity contribution >= 4 is 21.8 Å². The lowest BCUT2D eigenvalue weighted by atomic mass is 10.0. The maximum Gasteiger partial charge on any atom is 0.363 e. The Morgan fingerprint density at radius 3 is 2.71 bits per heavy atom. The fraction of sp³-hybridized carbons (Fsp3) is 0.455. The SMILES string of the molecule is O=C(O)[C@H]1CCCN(S(=O)(=O)c2ccc([N+](=O)[O-])nc2)C1. The predicted molar refractivity (Wildman–Crippen MR) is 70.0 cm³/mol. The van der Waals surface area contributed by atoms with Crippen LogP contribution in [0.3, 0.4) is 0 Å². The Morgan fingerprint density at radius 1 is 1.48 bits per heavy atom. The molecule has 1 N–H and O–H groups in total. The maximum absolute atomic E-state index is 12.4. The summed E-state index contributed by atoms with van der Waals surface area (Å²) in [6, 6.07) is 2.11. The molecule has 1 aliphatic rings. The standard InChI is InChI=1S/C11H13N3O6S/c15-11(16)8-2-1-5-13(7-8)21(19,20)9-3-4-10(12-6-9)14(17)18/h3-4,6,8H,1-2,5,7H2,(H,15,16)/t8-/m0/s1. The third kappa shape index (κ3) is 3.16. The number of carbonyl (C=O) groups is 1. The molecule has 0 saturated carbocycles. The number of hydrogen-bond donors (Lipinski definition) is 1. The van der Waals surface area contributed by atoms with Crippen LogP contribution in [-0.4, -0.2) is 46.8 Å². The van der Waals surface area contributed by atoms with Crippen molar-refractivity contribution in [3.05, 3.63) is 28.4 Å². The summed E-state index contributed by atoms with van der Waals surface area (Å²) in [5.74, 6) is -2.22. The van der Waals surface area contributed by atoms with Crippen LogP contribution in [-0.2, 0) is 14.8 Å². The molecule has 1 atom stereocenters. The molecule has 9 nitrogen and oxygen atoms in total. The highest BCUT2D eigenvalue weighted by atomic mass is 32.2. The monoisotopic (exact) mass is 315 g/mol. The van der Waals surface area contributed by atoms with Gasteiger partial charge < -0.3 is 15.2 Å². The summed E-state index contributed by atoms with van der Waals surface area (Å²) in [6.07, 6.45) is 1.80. The zero-order chi connectivity index (χ0) is 15.6. The van der Waals surface area contributed by atoms with Crippen molar-refractivity contribution in [2.75, 3.05) is 13.1 Å². The Bertz CT molecular complexity index is 657. The molecule has 1 aromatic rings. The minimum Gasteiger partial charge on any atom is -0.481 e. The number of rotatable bonds is 4. The van der Waals surface area contributed by atoms with Gasteiger partial charge in [-0.05, 0) is 28.8 Å². The summed E-state index contributed by atoms with van der Waals surface area (Å²) in [5, 5.41) is 19.5. The molecule has 10 heteroatoms. The first-order valence-electron chi connectivity index (χ1n) is 6.16. The smallest absolute Gasteiger partial charge is 0.363 e. The van der Waals surface area contributed by atoms with E-state index in [4.69, 9.17) is 5.11 Å². The number of carboxylic acid groups (broad SMARTS) is 1. The first-order valence-corrected chi connectivity index (χ1v) is 7.60. The average molecular weight is 315 g/mol. The highest BCUT2D eigenvalue weighted by Crippen LogP contribution is 2.24. The fourth-order valence-corrected chi connectivity index (χ4v) is 3.61. The summed E-state index contributed by atoms with van der Waals surface area (Å²) in [5.41, 5.74) is 0. The van der Waals surface area contributed by atoms with Crippen molar-refractivity contribution in [2.24, 2.45) is 5.92 Å². The van der Waals surface area contributed by atoms with Gasteiger partial charge in [0.2, 0.25) is 10.0 Å². The molecule has 2 heterocycles. The first-order chi connectivity index (χ1) is 9.82. The van der Waals surface area contributed by atoms with E-state index in [1.54, 1.807) is 0 Å². The van der Waals surface area contributed by atoms with Crippen LogP contribution in [0, 0.1) is 16.0 Å². The molecule has 1 saturated heterocycles. The van der Waals surface area contributed by atoms with Crippen LogP contribution in [0.4, 0.5) is 5.82 Å². The van der Waals surface area contributed by atoms with Gasteiger partial charge in [0.15, 0.2) is 6.20 Å². The minimum atomic E-state index is -3.89. The lowest BCUT2D eigenvalue weighted by molar-refractivity contribution is -0.389. The number of aliphatic carboxylic acids is 1. The molecule has 21 heavy (non-hydrogen) atoms. The Kier molecular flexibility index (Phi) is 4.19. The zero-order valence-corrected chi connectivity index (χ0v) is 11.7. The van der Waals surface area contributed by atoms with Crippen molar-refractivity contribution in [1.29, 1.82) is 0 Å². The Labute approximate surface area is 120 Å². The van der Waals surface area contributed by atoms with E-state index in [0.29, 0.717) is 12.8 Å². The number of sulfonamides is 1. The maximum atomic E-state index is 12.4. The van der Waals surface area contributed by atoms with E-state index in [0.717, 1.165) is 22.6 Å². The molecule has 1 aromatic heterocycles. The molecule has 0 amide bonds. The lowest BCUT2D eigenvalue weighted by Gasteiger charge is -2.29. The molecule has 0 spiro atoms. The van der Waals surface area contributed by atoms with Crippen LogP contribution in [0.15, 0.2) is 23.2 Å². The third-order valence-electron chi connectivity index (χ3n) is 3.28. The van der Waals surface area contributed by atoms with E-state index in [-0.39, 0.29) is 18.0 Å². The van der Waals surface area contributed by atoms with Gasteiger partial charge in [0.25, 0.3) is 0 Å². The number of carboxylic acids is 1. The van der Waals surface area contributed by atoms with Gasteiger partial charge in [-0.25, -0.2) is 8.42 Å². The fourth-order valence-electron chi connectivity index (χ4n) is 2.14. The second kappa shape index (κ2) is 5.74. The molecule has 1 fully saturated rings. The molecule has 114 valence electrons. The predicted octanol–water partition coefficient (Wildman–Crippen LogP) is 0.475. The molecule has 2 rings (SSSR count). The van der Waals surface area contributed by atoms with E-state index in [1.165, 1.54) is 0 Å². The molecule has 1 aliphatic heterocycles. The van der Waals surface area contributed by atoms with E-state index in [2.05, 4.69) is 4.98 Å². The van der Waals surface area contributed by atoms with Gasteiger partial charge in [-0.2, -0.15) is 4.31 Å². The summed E-state index contributed by atoms with van der Waals surface area (Å²) in [7, 11) is -3.89. The highest BCUT2D eigenvalue weighted by Gasteiger charge is 2.34. The van der Waals surface area contributed by atoms with Crippen LogP contribution in [0.1, 0.15) is 12.8 Å². The Hall–Kier alpha value is -2.07. The molecule has 0 bridgehead atoms. The molecule has 0 aliphatic carbocycles. The van der Waals surface area contributed by atoms with Crippen molar-refractivity contribution < 1.29 is 23.2 Å². The lowest BCUT2D eigenvalue weighted by Crippen LogP contribution is -2.42. The molecular weight excluding hydrogens is 302 g/mol. The van der Waals surface area contributed by atoms with E-state index < -0.39 is 32.7 Å². The van der Waals surface area contributed by atoms with Crippen LogP contribution >= 0.6 is 0 Å². The first kappa shape index (κ1) is 15.3.